The van der Waals surface area contributed by atoms with E-state index >= 15 is 0 Å². The molecule has 1 saturated heterocycles. The van der Waals surface area contributed by atoms with Crippen LogP contribution in [-0.2, 0) is 9.31 Å². The topological polar surface area (TPSA) is 72.9 Å². The molecule has 0 amide bonds. The summed E-state index contributed by atoms with van der Waals surface area (Å²) in [6.07, 6.45) is 0.595. The van der Waals surface area contributed by atoms with Gasteiger partial charge in [0, 0.05) is 0 Å². The molecule has 0 aromatic carbocycles. The number of nitrogens with zero attached hydrogens (tertiary/aromatic N) is 3. The second-order valence-corrected chi connectivity index (χ2v) is 5.57. The first-order valence-corrected chi connectivity index (χ1v) is 6.02. The first-order chi connectivity index (χ1) is 8.80. The van der Waals surface area contributed by atoms with Gasteiger partial charge in [0.1, 0.15) is 11.1 Å². The zero-order valence-electron chi connectivity index (χ0n) is 11.2. The molecule has 3 rings (SSSR count). The van der Waals surface area contributed by atoms with E-state index in [9.17, 15) is 4.39 Å². The van der Waals surface area contributed by atoms with E-state index in [4.69, 9.17) is 9.31 Å². The Morgan fingerprint density at radius 3 is 2.42 bits per heavy atom. The number of hydrogen-bond donors (Lipinski definition) is 1. The van der Waals surface area contributed by atoms with E-state index in [1.807, 2.05) is 27.7 Å². The zero-order chi connectivity index (χ0) is 13.8. The molecule has 19 heavy (non-hydrogen) atoms. The van der Waals surface area contributed by atoms with Gasteiger partial charge in [-0.1, -0.05) is 0 Å². The Labute approximate surface area is 109 Å². The number of aromatic amines is 1. The molecule has 0 saturated carbocycles. The van der Waals surface area contributed by atoms with Crippen LogP contribution < -0.4 is 5.59 Å². The van der Waals surface area contributed by atoms with Crippen LogP contribution in [0.15, 0.2) is 6.33 Å². The monoisotopic (exact) mass is 264 g/mol. The Hall–Kier alpha value is -1.54. The molecule has 100 valence electrons. The molecule has 0 bridgehead atoms. The van der Waals surface area contributed by atoms with Crippen molar-refractivity contribution in [3.8, 4) is 0 Å². The Bertz CT molecular complexity index is 627. The van der Waals surface area contributed by atoms with Crippen LogP contribution in [-0.4, -0.2) is 38.3 Å². The Morgan fingerprint density at radius 1 is 1.16 bits per heavy atom. The summed E-state index contributed by atoms with van der Waals surface area (Å²) in [5.41, 5.74) is 0.104. The molecular formula is C11H14BFN4O2. The molecule has 1 fully saturated rings. The summed E-state index contributed by atoms with van der Waals surface area (Å²) in [6, 6.07) is 0. The highest BCUT2D eigenvalue weighted by molar-refractivity contribution is 6.63. The van der Waals surface area contributed by atoms with Gasteiger partial charge in [-0.05, 0) is 27.7 Å². The summed E-state index contributed by atoms with van der Waals surface area (Å²) >= 11 is 0. The summed E-state index contributed by atoms with van der Waals surface area (Å²) in [6.45, 7) is 7.70. The number of aromatic nitrogens is 4. The fraction of sp³-hybridized carbons (Fsp3) is 0.545. The molecule has 8 heteroatoms. The van der Waals surface area contributed by atoms with Crippen LogP contribution >= 0.6 is 0 Å². The minimum atomic E-state index is -0.843. The van der Waals surface area contributed by atoms with Crippen molar-refractivity contribution in [3.05, 3.63) is 12.4 Å². The number of H-pyrrole nitrogens is 1. The van der Waals surface area contributed by atoms with Crippen molar-refractivity contribution in [2.24, 2.45) is 0 Å². The van der Waals surface area contributed by atoms with Gasteiger partial charge in [0.15, 0.2) is 5.65 Å². The lowest BCUT2D eigenvalue weighted by molar-refractivity contribution is 0.00578. The van der Waals surface area contributed by atoms with E-state index in [-0.39, 0.29) is 5.65 Å². The molecule has 1 N–H and O–H groups in total. The van der Waals surface area contributed by atoms with Crippen LogP contribution in [0.2, 0.25) is 0 Å². The number of fused-ring (bicyclic) bond motifs is 1. The van der Waals surface area contributed by atoms with Crippen molar-refractivity contribution in [1.29, 1.82) is 0 Å². The van der Waals surface area contributed by atoms with Gasteiger partial charge in [-0.2, -0.15) is 9.37 Å². The Kier molecular flexibility index (Phi) is 2.46. The van der Waals surface area contributed by atoms with E-state index in [0.717, 1.165) is 0 Å². The predicted molar refractivity (Wildman–Crippen MR) is 67.4 cm³/mol. The number of imidazole rings is 1. The van der Waals surface area contributed by atoms with Crippen molar-refractivity contribution in [1.82, 2.24) is 19.9 Å². The maximum absolute atomic E-state index is 13.4. The van der Waals surface area contributed by atoms with Crippen LogP contribution in [0.4, 0.5) is 4.39 Å². The molecule has 1 aliphatic heterocycles. The maximum Gasteiger partial charge on any atom is 0.517 e. The van der Waals surface area contributed by atoms with Crippen molar-refractivity contribution in [2.45, 2.75) is 38.9 Å². The van der Waals surface area contributed by atoms with Gasteiger partial charge < -0.3 is 14.3 Å². The molecular weight excluding hydrogens is 250 g/mol. The third-order valence-electron chi connectivity index (χ3n) is 3.76. The number of rotatable bonds is 1. The predicted octanol–water partition coefficient (Wildman–Crippen LogP) is 0.791. The SMILES string of the molecule is CC1(C)OB(c2nc(F)nc3nc[nH]c23)OC1(C)C. The lowest BCUT2D eigenvalue weighted by Gasteiger charge is -2.32. The first kappa shape index (κ1) is 12.5. The van der Waals surface area contributed by atoms with Crippen LogP contribution in [0.5, 0.6) is 0 Å². The number of nitrogens with one attached hydrogen (secondary N) is 1. The first-order valence-electron chi connectivity index (χ1n) is 6.02. The lowest BCUT2D eigenvalue weighted by atomic mass is 9.84. The minimum absolute atomic E-state index is 0.261. The molecule has 0 radical (unpaired) electrons. The summed E-state index contributed by atoms with van der Waals surface area (Å²) in [5, 5.41) is 0. The molecule has 3 heterocycles. The summed E-state index contributed by atoms with van der Waals surface area (Å²) in [7, 11) is -0.745. The fourth-order valence-electron chi connectivity index (χ4n) is 1.95. The van der Waals surface area contributed by atoms with E-state index in [0.29, 0.717) is 11.1 Å². The second kappa shape index (κ2) is 3.74. The van der Waals surface area contributed by atoms with E-state index in [1.54, 1.807) is 0 Å². The van der Waals surface area contributed by atoms with Crippen LogP contribution in [0.3, 0.4) is 0 Å². The second-order valence-electron chi connectivity index (χ2n) is 5.57. The van der Waals surface area contributed by atoms with Gasteiger partial charge >= 0.3 is 13.2 Å². The normalized spacial score (nSPS) is 21.2. The van der Waals surface area contributed by atoms with Crippen molar-refractivity contribution < 1.29 is 13.7 Å². The van der Waals surface area contributed by atoms with Gasteiger partial charge in [0.2, 0.25) is 0 Å². The van der Waals surface area contributed by atoms with Gasteiger partial charge in [0.25, 0.3) is 0 Å². The smallest absolute Gasteiger partial charge is 0.398 e. The summed E-state index contributed by atoms with van der Waals surface area (Å²) in [5.74, 6) is 0. The molecule has 2 aromatic heterocycles. The zero-order valence-corrected chi connectivity index (χ0v) is 11.2. The maximum atomic E-state index is 13.4. The lowest BCUT2D eigenvalue weighted by Crippen LogP contribution is -2.41. The van der Waals surface area contributed by atoms with Gasteiger partial charge in [-0.25, -0.2) is 9.97 Å². The van der Waals surface area contributed by atoms with Crippen LogP contribution in [0.25, 0.3) is 11.2 Å². The Morgan fingerprint density at radius 2 is 1.79 bits per heavy atom. The highest BCUT2D eigenvalue weighted by atomic mass is 19.1. The van der Waals surface area contributed by atoms with E-state index in [1.165, 1.54) is 6.33 Å². The minimum Gasteiger partial charge on any atom is -0.398 e. The van der Waals surface area contributed by atoms with Crippen molar-refractivity contribution in [3.63, 3.8) is 0 Å². The number of hydrogen-bond acceptors (Lipinski definition) is 5. The summed E-state index contributed by atoms with van der Waals surface area (Å²) in [4.78, 5) is 14.2. The van der Waals surface area contributed by atoms with Crippen molar-refractivity contribution in [2.75, 3.05) is 0 Å². The fourth-order valence-corrected chi connectivity index (χ4v) is 1.95. The van der Waals surface area contributed by atoms with Crippen LogP contribution in [0.1, 0.15) is 27.7 Å². The third kappa shape index (κ3) is 1.82. The standard InChI is InChI=1S/C11H14BFN4O2/c1-10(2)11(3,4)19-12(18-10)7-6-8(15-5-14-6)17-9(13)16-7/h5H,1-4H3,(H,14,15,16,17). The van der Waals surface area contributed by atoms with Gasteiger partial charge in [-0.15, -0.1) is 0 Å². The van der Waals surface area contributed by atoms with Crippen molar-refractivity contribution >= 4 is 23.9 Å². The molecule has 2 aromatic rings. The third-order valence-corrected chi connectivity index (χ3v) is 3.76. The molecule has 0 aliphatic carbocycles. The summed E-state index contributed by atoms with van der Waals surface area (Å²) < 4.78 is 25.1. The number of halogens is 1. The highest BCUT2D eigenvalue weighted by Crippen LogP contribution is 2.36. The molecule has 0 atom stereocenters. The highest BCUT2D eigenvalue weighted by Gasteiger charge is 2.53. The Balaban J connectivity index is 2.09. The molecule has 0 unspecified atom stereocenters. The van der Waals surface area contributed by atoms with Gasteiger partial charge in [-0.3, -0.25) is 0 Å². The molecule has 0 spiro atoms. The van der Waals surface area contributed by atoms with Crippen LogP contribution in [0, 0.1) is 6.08 Å². The molecule has 6 nitrogen and oxygen atoms in total. The average molecular weight is 264 g/mol. The largest absolute Gasteiger partial charge is 0.517 e. The van der Waals surface area contributed by atoms with Gasteiger partial charge in [0.05, 0.1) is 17.5 Å². The van der Waals surface area contributed by atoms with E-state index < -0.39 is 24.4 Å². The molecule has 1 aliphatic rings. The van der Waals surface area contributed by atoms with E-state index in [2.05, 4.69) is 19.9 Å². The average Bonchev–Trinajstić information content (AvgIpc) is 2.80. The quantitative estimate of drug-likeness (QED) is 0.609.